The van der Waals surface area contributed by atoms with Crippen molar-refractivity contribution in [1.82, 2.24) is 5.32 Å². The highest BCUT2D eigenvalue weighted by molar-refractivity contribution is 5.81. The molecular formula is C13H23NO3. The van der Waals surface area contributed by atoms with E-state index in [1.807, 2.05) is 0 Å². The molecule has 0 aromatic rings. The Kier molecular flexibility index (Phi) is 3.84. The van der Waals surface area contributed by atoms with Crippen molar-refractivity contribution < 1.29 is 14.7 Å². The average molecular weight is 241 g/mol. The number of rotatable bonds is 4. The van der Waals surface area contributed by atoms with E-state index in [9.17, 15) is 9.59 Å². The van der Waals surface area contributed by atoms with Gasteiger partial charge in [-0.15, -0.1) is 0 Å². The SMILES string of the molecule is CC(C)(CNC(=O)C1CCCC1(C)C)C(=O)O. The molecule has 0 heterocycles. The van der Waals surface area contributed by atoms with Crippen LogP contribution in [0.1, 0.15) is 47.0 Å². The van der Waals surface area contributed by atoms with Crippen LogP contribution in [0, 0.1) is 16.7 Å². The maximum atomic E-state index is 12.0. The largest absolute Gasteiger partial charge is 0.481 e. The van der Waals surface area contributed by atoms with Crippen LogP contribution >= 0.6 is 0 Å². The summed E-state index contributed by atoms with van der Waals surface area (Å²) in [5.74, 6) is -0.864. The van der Waals surface area contributed by atoms with Gasteiger partial charge in [0.05, 0.1) is 5.41 Å². The van der Waals surface area contributed by atoms with Crippen LogP contribution in [0.5, 0.6) is 0 Å². The minimum atomic E-state index is -0.904. The second-order valence-electron chi connectivity index (χ2n) is 6.34. The van der Waals surface area contributed by atoms with Crippen molar-refractivity contribution in [1.29, 1.82) is 0 Å². The minimum Gasteiger partial charge on any atom is -0.481 e. The van der Waals surface area contributed by atoms with Gasteiger partial charge in [-0.3, -0.25) is 9.59 Å². The molecule has 1 unspecified atom stereocenters. The average Bonchev–Trinajstić information content (AvgIpc) is 2.54. The van der Waals surface area contributed by atoms with Crippen LogP contribution in [-0.2, 0) is 9.59 Å². The molecule has 1 aliphatic rings. The highest BCUT2D eigenvalue weighted by Gasteiger charge is 2.40. The lowest BCUT2D eigenvalue weighted by Gasteiger charge is -2.27. The first-order valence-electron chi connectivity index (χ1n) is 6.18. The molecule has 0 aromatic heterocycles. The molecule has 1 fully saturated rings. The summed E-state index contributed by atoms with van der Waals surface area (Å²) in [6.45, 7) is 7.64. The molecule has 17 heavy (non-hydrogen) atoms. The zero-order valence-electron chi connectivity index (χ0n) is 11.2. The molecule has 4 heteroatoms. The van der Waals surface area contributed by atoms with Gasteiger partial charge in [-0.05, 0) is 32.1 Å². The number of nitrogens with one attached hydrogen (secondary N) is 1. The Bertz CT molecular complexity index is 321. The Labute approximate surface area is 103 Å². The van der Waals surface area contributed by atoms with Gasteiger partial charge in [0.15, 0.2) is 0 Å². The van der Waals surface area contributed by atoms with Gasteiger partial charge in [-0.1, -0.05) is 20.3 Å². The molecule has 0 spiro atoms. The van der Waals surface area contributed by atoms with Crippen molar-refractivity contribution in [2.24, 2.45) is 16.7 Å². The summed E-state index contributed by atoms with van der Waals surface area (Å²) < 4.78 is 0. The number of carbonyl (C=O) groups excluding carboxylic acids is 1. The number of hydrogen-bond acceptors (Lipinski definition) is 2. The van der Waals surface area contributed by atoms with E-state index in [0.29, 0.717) is 0 Å². The third-order valence-corrected chi connectivity index (χ3v) is 3.86. The summed E-state index contributed by atoms with van der Waals surface area (Å²) in [6.07, 6.45) is 3.05. The predicted molar refractivity (Wildman–Crippen MR) is 65.5 cm³/mol. The minimum absolute atomic E-state index is 0.00169. The Morgan fingerprint density at radius 2 is 2.00 bits per heavy atom. The summed E-state index contributed by atoms with van der Waals surface area (Å²) in [4.78, 5) is 23.0. The molecule has 0 bridgehead atoms. The lowest BCUT2D eigenvalue weighted by Crippen LogP contribution is -2.43. The van der Waals surface area contributed by atoms with Crippen LogP contribution in [0.4, 0.5) is 0 Å². The second kappa shape index (κ2) is 4.67. The molecule has 0 aliphatic heterocycles. The number of aliphatic carboxylic acids is 1. The lowest BCUT2D eigenvalue weighted by molar-refractivity contribution is -0.147. The molecule has 98 valence electrons. The van der Waals surface area contributed by atoms with Gasteiger partial charge in [0.25, 0.3) is 0 Å². The van der Waals surface area contributed by atoms with Gasteiger partial charge < -0.3 is 10.4 Å². The molecule has 0 aromatic carbocycles. The normalized spacial score (nSPS) is 23.4. The zero-order valence-corrected chi connectivity index (χ0v) is 11.2. The first-order chi connectivity index (χ1) is 7.67. The van der Waals surface area contributed by atoms with E-state index < -0.39 is 11.4 Å². The fourth-order valence-electron chi connectivity index (χ4n) is 2.32. The Balaban J connectivity index is 2.54. The van der Waals surface area contributed by atoms with Crippen LogP contribution in [0.15, 0.2) is 0 Å². The van der Waals surface area contributed by atoms with Crippen LogP contribution in [0.2, 0.25) is 0 Å². The molecule has 2 N–H and O–H groups in total. The smallest absolute Gasteiger partial charge is 0.310 e. The quantitative estimate of drug-likeness (QED) is 0.791. The summed E-state index contributed by atoms with van der Waals surface area (Å²) in [6, 6.07) is 0. The summed E-state index contributed by atoms with van der Waals surface area (Å²) in [7, 11) is 0. The highest BCUT2D eigenvalue weighted by atomic mass is 16.4. The standard InChI is InChI=1S/C13H23NO3/c1-12(2)7-5-6-9(12)10(15)14-8-13(3,4)11(16)17/h9H,5-8H2,1-4H3,(H,14,15)(H,16,17). The van der Waals surface area contributed by atoms with E-state index in [2.05, 4.69) is 19.2 Å². The zero-order chi connectivity index (χ0) is 13.3. The summed E-state index contributed by atoms with van der Waals surface area (Å²) in [5, 5.41) is 11.8. The Hall–Kier alpha value is -1.06. The van der Waals surface area contributed by atoms with Gasteiger partial charge >= 0.3 is 5.97 Å². The molecule has 1 atom stereocenters. The molecule has 1 amide bonds. The van der Waals surface area contributed by atoms with Crippen molar-refractivity contribution in [2.75, 3.05) is 6.54 Å². The second-order valence-corrected chi connectivity index (χ2v) is 6.34. The van der Waals surface area contributed by atoms with Crippen molar-refractivity contribution >= 4 is 11.9 Å². The van der Waals surface area contributed by atoms with E-state index in [4.69, 9.17) is 5.11 Å². The number of carboxylic acids is 1. The Morgan fingerprint density at radius 3 is 2.41 bits per heavy atom. The first kappa shape index (κ1) is 14.0. The van der Waals surface area contributed by atoms with Gasteiger partial charge in [0, 0.05) is 12.5 Å². The molecule has 1 aliphatic carbocycles. The van der Waals surface area contributed by atoms with Crippen LogP contribution in [-0.4, -0.2) is 23.5 Å². The van der Waals surface area contributed by atoms with Gasteiger partial charge in [0.2, 0.25) is 5.91 Å². The monoisotopic (exact) mass is 241 g/mol. The van der Waals surface area contributed by atoms with Crippen LogP contribution in [0.25, 0.3) is 0 Å². The maximum Gasteiger partial charge on any atom is 0.310 e. The van der Waals surface area contributed by atoms with E-state index in [1.54, 1.807) is 13.8 Å². The number of carbonyl (C=O) groups is 2. The van der Waals surface area contributed by atoms with Gasteiger partial charge in [0.1, 0.15) is 0 Å². The van der Waals surface area contributed by atoms with Crippen molar-refractivity contribution in [2.45, 2.75) is 47.0 Å². The first-order valence-corrected chi connectivity index (χ1v) is 6.18. The number of hydrogen-bond donors (Lipinski definition) is 2. The maximum absolute atomic E-state index is 12.0. The molecule has 4 nitrogen and oxygen atoms in total. The van der Waals surface area contributed by atoms with Crippen LogP contribution in [0.3, 0.4) is 0 Å². The third-order valence-electron chi connectivity index (χ3n) is 3.86. The Morgan fingerprint density at radius 1 is 1.41 bits per heavy atom. The van der Waals surface area contributed by atoms with Crippen LogP contribution < -0.4 is 5.32 Å². The molecular weight excluding hydrogens is 218 g/mol. The topological polar surface area (TPSA) is 66.4 Å². The van der Waals surface area contributed by atoms with E-state index >= 15 is 0 Å². The van der Waals surface area contributed by atoms with Gasteiger partial charge in [-0.25, -0.2) is 0 Å². The van der Waals surface area contributed by atoms with E-state index in [1.165, 1.54) is 0 Å². The number of carboxylic acid groups (broad SMARTS) is 1. The third kappa shape index (κ3) is 3.20. The molecule has 0 saturated heterocycles. The fourth-order valence-corrected chi connectivity index (χ4v) is 2.32. The molecule has 1 saturated carbocycles. The van der Waals surface area contributed by atoms with Crippen molar-refractivity contribution in [3.63, 3.8) is 0 Å². The highest BCUT2D eigenvalue weighted by Crippen LogP contribution is 2.42. The number of amides is 1. The fraction of sp³-hybridized carbons (Fsp3) is 0.846. The summed E-state index contributed by atoms with van der Waals surface area (Å²) >= 11 is 0. The van der Waals surface area contributed by atoms with Gasteiger partial charge in [-0.2, -0.15) is 0 Å². The lowest BCUT2D eigenvalue weighted by atomic mass is 9.81. The molecule has 1 rings (SSSR count). The predicted octanol–water partition coefficient (Wildman–Crippen LogP) is 2.04. The molecule has 0 radical (unpaired) electrons. The summed E-state index contributed by atoms with van der Waals surface area (Å²) in [5.41, 5.74) is -0.865. The van der Waals surface area contributed by atoms with E-state index in [0.717, 1.165) is 19.3 Å². The van der Waals surface area contributed by atoms with Crippen molar-refractivity contribution in [3.8, 4) is 0 Å². The van der Waals surface area contributed by atoms with E-state index in [-0.39, 0.29) is 23.8 Å². The van der Waals surface area contributed by atoms with Crippen molar-refractivity contribution in [3.05, 3.63) is 0 Å².